The van der Waals surface area contributed by atoms with E-state index < -0.39 is 0 Å². The standard InChI is InChI=1S/C41H54O2/c1-28(18-19-32(30-14-10-8-11-15-30)31-16-12-9-13-17-31)33-22-26-41(7)35-20-21-36-38(3,4)37(43-29(2)42)24-25-39(36,5)34(35)23-27-40(33,41)6/h8-19,33-37H,20-27H2,1-7H3/t33-,34+,35-,36?,37?,39-,40-,41+/m1/s1. The second-order valence-corrected chi connectivity index (χ2v) is 16.0. The largest absolute Gasteiger partial charge is 0.462 e. The Morgan fingerprint density at radius 1 is 0.698 bits per heavy atom. The van der Waals surface area contributed by atoms with Gasteiger partial charge in [0, 0.05) is 12.3 Å². The van der Waals surface area contributed by atoms with Crippen LogP contribution in [-0.4, -0.2) is 12.1 Å². The minimum absolute atomic E-state index is 0.0321. The van der Waals surface area contributed by atoms with E-state index in [2.05, 4.69) is 114 Å². The fourth-order valence-corrected chi connectivity index (χ4v) is 11.5. The summed E-state index contributed by atoms with van der Waals surface area (Å²) in [6.45, 7) is 16.8. The Bertz CT molecular complexity index is 1340. The Labute approximate surface area is 261 Å². The van der Waals surface area contributed by atoms with Crippen LogP contribution >= 0.6 is 0 Å². The first-order valence-electron chi connectivity index (χ1n) is 17.1. The molecule has 2 heteroatoms. The molecule has 0 N–H and O–H groups in total. The molecule has 0 radical (unpaired) electrons. The van der Waals surface area contributed by atoms with Gasteiger partial charge >= 0.3 is 5.97 Å². The number of fused-ring (bicyclic) bond motifs is 5. The summed E-state index contributed by atoms with van der Waals surface area (Å²) < 4.78 is 5.93. The minimum atomic E-state index is -0.119. The number of benzene rings is 2. The van der Waals surface area contributed by atoms with Crippen molar-refractivity contribution in [2.24, 2.45) is 45.3 Å². The van der Waals surface area contributed by atoms with Crippen LogP contribution in [0, 0.1) is 45.3 Å². The van der Waals surface area contributed by atoms with Crippen molar-refractivity contribution in [3.8, 4) is 0 Å². The van der Waals surface area contributed by atoms with Crippen molar-refractivity contribution in [1.29, 1.82) is 0 Å². The zero-order valence-corrected chi connectivity index (χ0v) is 27.8. The molecule has 4 aliphatic rings. The van der Waals surface area contributed by atoms with Crippen molar-refractivity contribution in [2.45, 2.75) is 106 Å². The van der Waals surface area contributed by atoms with Gasteiger partial charge in [-0.05, 0) is 115 Å². The summed E-state index contributed by atoms with van der Waals surface area (Å²) in [5, 5.41) is 0. The molecule has 0 bridgehead atoms. The third kappa shape index (κ3) is 4.87. The molecule has 6 rings (SSSR count). The molecule has 43 heavy (non-hydrogen) atoms. The van der Waals surface area contributed by atoms with E-state index >= 15 is 0 Å². The van der Waals surface area contributed by atoms with E-state index in [0.29, 0.717) is 28.1 Å². The highest BCUT2D eigenvalue weighted by atomic mass is 16.5. The first-order chi connectivity index (χ1) is 20.4. The van der Waals surface area contributed by atoms with Gasteiger partial charge in [-0.2, -0.15) is 0 Å². The average Bonchev–Trinajstić information content (AvgIpc) is 3.27. The molecular formula is C41H54O2. The number of esters is 1. The topological polar surface area (TPSA) is 26.3 Å². The summed E-state index contributed by atoms with van der Waals surface area (Å²) in [6, 6.07) is 21.7. The molecule has 0 amide bonds. The third-order valence-electron chi connectivity index (χ3n) is 13.9. The highest BCUT2D eigenvalue weighted by molar-refractivity contribution is 5.80. The van der Waals surface area contributed by atoms with Gasteiger partial charge in [0.1, 0.15) is 6.10 Å². The summed E-state index contributed by atoms with van der Waals surface area (Å²) in [5.74, 6) is 2.68. The van der Waals surface area contributed by atoms with Gasteiger partial charge in [0.2, 0.25) is 0 Å². The molecule has 2 aromatic carbocycles. The van der Waals surface area contributed by atoms with E-state index in [1.807, 2.05) is 0 Å². The first kappa shape index (κ1) is 30.4. The van der Waals surface area contributed by atoms with Gasteiger partial charge < -0.3 is 4.74 Å². The van der Waals surface area contributed by atoms with Crippen LogP contribution in [0.25, 0.3) is 5.57 Å². The molecular weight excluding hydrogens is 524 g/mol. The van der Waals surface area contributed by atoms with Gasteiger partial charge in [-0.1, -0.05) is 113 Å². The first-order valence-corrected chi connectivity index (χ1v) is 17.1. The fourth-order valence-electron chi connectivity index (χ4n) is 11.5. The molecule has 4 saturated carbocycles. The second-order valence-electron chi connectivity index (χ2n) is 16.0. The lowest BCUT2D eigenvalue weighted by atomic mass is 9.38. The lowest BCUT2D eigenvalue weighted by Crippen LogP contribution is -2.61. The number of carbonyl (C=O) groups is 1. The maximum Gasteiger partial charge on any atom is 0.302 e. The zero-order valence-electron chi connectivity index (χ0n) is 27.8. The van der Waals surface area contributed by atoms with E-state index in [0.717, 1.165) is 18.3 Å². The quantitative estimate of drug-likeness (QED) is 0.261. The molecule has 4 fully saturated rings. The molecule has 230 valence electrons. The second kappa shape index (κ2) is 11.1. The summed E-state index contributed by atoms with van der Waals surface area (Å²) in [4.78, 5) is 12.0. The predicted molar refractivity (Wildman–Crippen MR) is 178 cm³/mol. The van der Waals surface area contributed by atoms with Crippen LogP contribution in [0.1, 0.15) is 111 Å². The fraction of sp³-hybridized carbons (Fsp3) is 0.585. The zero-order chi connectivity index (χ0) is 30.6. The maximum atomic E-state index is 12.0. The number of hydrogen-bond acceptors (Lipinski definition) is 2. The summed E-state index contributed by atoms with van der Waals surface area (Å²) in [6.07, 6.45) is 15.0. The van der Waals surface area contributed by atoms with Crippen LogP contribution in [0.15, 0.2) is 78.4 Å². The predicted octanol–water partition coefficient (Wildman–Crippen LogP) is 10.7. The summed E-state index contributed by atoms with van der Waals surface area (Å²) in [5.41, 5.74) is 6.46. The Balaban J connectivity index is 1.28. The Kier molecular flexibility index (Phi) is 7.84. The van der Waals surface area contributed by atoms with Crippen molar-refractivity contribution >= 4 is 11.5 Å². The van der Waals surface area contributed by atoms with Gasteiger partial charge in [0.15, 0.2) is 0 Å². The average molecular weight is 579 g/mol. The van der Waals surface area contributed by atoms with Crippen LogP contribution in [0.2, 0.25) is 0 Å². The highest BCUT2D eigenvalue weighted by Gasteiger charge is 2.67. The van der Waals surface area contributed by atoms with Crippen LogP contribution in [0.3, 0.4) is 0 Å². The van der Waals surface area contributed by atoms with E-state index in [1.165, 1.54) is 61.6 Å². The number of hydrogen-bond donors (Lipinski definition) is 0. The molecule has 8 atom stereocenters. The number of rotatable bonds is 5. The van der Waals surface area contributed by atoms with Crippen LogP contribution in [-0.2, 0) is 9.53 Å². The number of allylic oxidation sites excluding steroid dienone is 3. The lowest BCUT2D eigenvalue weighted by molar-refractivity contribution is -0.207. The third-order valence-corrected chi connectivity index (χ3v) is 13.9. The van der Waals surface area contributed by atoms with Gasteiger partial charge in [-0.15, -0.1) is 0 Å². The van der Waals surface area contributed by atoms with E-state index in [-0.39, 0.29) is 17.5 Å². The van der Waals surface area contributed by atoms with Gasteiger partial charge in [-0.3, -0.25) is 4.79 Å². The molecule has 2 unspecified atom stereocenters. The molecule has 0 saturated heterocycles. The van der Waals surface area contributed by atoms with Crippen molar-refractivity contribution in [3.05, 3.63) is 89.5 Å². The van der Waals surface area contributed by atoms with Crippen molar-refractivity contribution in [2.75, 3.05) is 0 Å². The molecule has 2 nitrogen and oxygen atoms in total. The van der Waals surface area contributed by atoms with Crippen molar-refractivity contribution < 1.29 is 9.53 Å². The lowest BCUT2D eigenvalue weighted by Gasteiger charge is -2.67. The Morgan fingerprint density at radius 3 is 1.91 bits per heavy atom. The molecule has 0 aromatic heterocycles. The van der Waals surface area contributed by atoms with Crippen LogP contribution in [0.4, 0.5) is 0 Å². The normalized spacial score (nSPS) is 38.3. The summed E-state index contributed by atoms with van der Waals surface area (Å²) >= 11 is 0. The summed E-state index contributed by atoms with van der Waals surface area (Å²) in [7, 11) is 0. The Morgan fingerprint density at radius 2 is 1.30 bits per heavy atom. The SMILES string of the molecule is CC(=O)OC1CC[C@@]2(C)C(CC[C@@H]3[C@@H]2CC[C@]2(C)[C@@H](C(C)=CC=C(c4ccccc4)c4ccccc4)CC[C@@]32C)C1(C)C. The van der Waals surface area contributed by atoms with E-state index in [1.54, 1.807) is 12.5 Å². The molecule has 2 aromatic rings. The monoisotopic (exact) mass is 578 g/mol. The smallest absolute Gasteiger partial charge is 0.302 e. The van der Waals surface area contributed by atoms with Gasteiger partial charge in [0.05, 0.1) is 0 Å². The maximum absolute atomic E-state index is 12.0. The molecule has 4 aliphatic carbocycles. The van der Waals surface area contributed by atoms with Crippen molar-refractivity contribution in [3.63, 3.8) is 0 Å². The van der Waals surface area contributed by atoms with E-state index in [4.69, 9.17) is 4.74 Å². The minimum Gasteiger partial charge on any atom is -0.462 e. The van der Waals surface area contributed by atoms with E-state index in [9.17, 15) is 4.79 Å². The van der Waals surface area contributed by atoms with Gasteiger partial charge in [0.25, 0.3) is 0 Å². The molecule has 0 spiro atoms. The molecule has 0 aliphatic heterocycles. The van der Waals surface area contributed by atoms with Gasteiger partial charge in [-0.25, -0.2) is 0 Å². The van der Waals surface area contributed by atoms with Crippen LogP contribution < -0.4 is 0 Å². The molecule has 0 heterocycles. The number of carbonyl (C=O) groups excluding carboxylic acids is 1. The van der Waals surface area contributed by atoms with Crippen LogP contribution in [0.5, 0.6) is 0 Å². The van der Waals surface area contributed by atoms with Crippen molar-refractivity contribution in [1.82, 2.24) is 0 Å². The Hall–Kier alpha value is -2.61. The number of ether oxygens (including phenoxy) is 1. The highest BCUT2D eigenvalue weighted by Crippen LogP contribution is 2.74.